The summed E-state index contributed by atoms with van der Waals surface area (Å²) in [7, 11) is 0. The zero-order valence-electron chi connectivity index (χ0n) is 23.7. The number of carbonyl (C=O) groups is 3. The van der Waals surface area contributed by atoms with Gasteiger partial charge in [-0.25, -0.2) is 10.0 Å². The maximum atomic E-state index is 13.9. The molecule has 0 bridgehead atoms. The summed E-state index contributed by atoms with van der Waals surface area (Å²) in [6.07, 6.45) is 9.91. The third kappa shape index (κ3) is 6.83. The van der Waals surface area contributed by atoms with E-state index in [9.17, 15) is 14.4 Å². The first kappa shape index (κ1) is 28.5. The van der Waals surface area contributed by atoms with Crippen molar-refractivity contribution in [1.82, 2.24) is 9.99 Å². The zero-order chi connectivity index (χ0) is 29.5. The van der Waals surface area contributed by atoms with Gasteiger partial charge in [0.1, 0.15) is 0 Å². The molecule has 3 aromatic carbocycles. The van der Waals surface area contributed by atoms with Crippen LogP contribution in [0.5, 0.6) is 0 Å². The molecule has 0 saturated heterocycles. The molecular formula is C34H35N5O3. The van der Waals surface area contributed by atoms with Crippen molar-refractivity contribution in [1.29, 1.82) is 0 Å². The second kappa shape index (κ2) is 13.1. The summed E-state index contributed by atoms with van der Waals surface area (Å²) in [6.45, 7) is 1.50. The van der Waals surface area contributed by atoms with E-state index in [2.05, 4.69) is 10.3 Å². The molecule has 1 aliphatic carbocycles. The summed E-state index contributed by atoms with van der Waals surface area (Å²) in [5.74, 6) is -0.635. The van der Waals surface area contributed by atoms with Crippen LogP contribution >= 0.6 is 0 Å². The van der Waals surface area contributed by atoms with Gasteiger partial charge < -0.3 is 11.1 Å². The summed E-state index contributed by atoms with van der Waals surface area (Å²) in [5, 5.41) is 6.90. The number of hydrogen-bond acceptors (Lipinski definition) is 5. The molecule has 8 nitrogen and oxygen atoms in total. The molecule has 1 aromatic heterocycles. The van der Waals surface area contributed by atoms with Crippen molar-refractivity contribution in [2.45, 2.75) is 51.5 Å². The number of anilines is 3. The first-order chi connectivity index (χ1) is 20.4. The monoisotopic (exact) mass is 561 g/mol. The van der Waals surface area contributed by atoms with Crippen molar-refractivity contribution in [2.24, 2.45) is 0 Å². The third-order valence-corrected chi connectivity index (χ3v) is 7.50. The van der Waals surface area contributed by atoms with Crippen LogP contribution in [0.25, 0.3) is 17.0 Å². The van der Waals surface area contributed by atoms with Crippen LogP contribution in [0, 0.1) is 0 Å². The van der Waals surface area contributed by atoms with E-state index in [1.165, 1.54) is 13.0 Å². The Morgan fingerprint density at radius 1 is 0.952 bits per heavy atom. The highest BCUT2D eigenvalue weighted by atomic mass is 16.2. The quantitative estimate of drug-likeness (QED) is 0.160. The lowest BCUT2D eigenvalue weighted by molar-refractivity contribution is -0.139. The summed E-state index contributed by atoms with van der Waals surface area (Å²) in [4.78, 5) is 43.8. The SMILES string of the molecule is CC(=O)N(c1ccc2ncccc2c1)N(C(=O)Cc1ccc(C=CC(=O)Nc2ccccc2N)cc1)C1CCCCC1. The summed E-state index contributed by atoms with van der Waals surface area (Å²) in [5.41, 5.74) is 10.1. The van der Waals surface area contributed by atoms with Crippen molar-refractivity contribution in [3.05, 3.63) is 102 Å². The van der Waals surface area contributed by atoms with Crippen molar-refractivity contribution in [3.63, 3.8) is 0 Å². The van der Waals surface area contributed by atoms with Crippen molar-refractivity contribution >= 4 is 51.8 Å². The molecule has 1 fully saturated rings. The van der Waals surface area contributed by atoms with Crippen LogP contribution in [-0.4, -0.2) is 33.8 Å². The lowest BCUT2D eigenvalue weighted by Crippen LogP contribution is -2.55. The predicted octanol–water partition coefficient (Wildman–Crippen LogP) is 6.14. The Labute approximate surface area is 245 Å². The van der Waals surface area contributed by atoms with E-state index in [0.717, 1.165) is 54.1 Å². The fraction of sp³-hybridized carbons (Fsp3) is 0.235. The Morgan fingerprint density at radius 3 is 2.45 bits per heavy atom. The second-order valence-electron chi connectivity index (χ2n) is 10.6. The second-order valence-corrected chi connectivity index (χ2v) is 10.6. The zero-order valence-corrected chi connectivity index (χ0v) is 23.7. The number of nitrogens with zero attached hydrogens (tertiary/aromatic N) is 3. The van der Waals surface area contributed by atoms with E-state index in [1.54, 1.807) is 46.6 Å². The Kier molecular flexibility index (Phi) is 8.92. The molecular weight excluding hydrogens is 526 g/mol. The number of nitrogens with two attached hydrogens (primary N) is 1. The summed E-state index contributed by atoms with van der Waals surface area (Å²) >= 11 is 0. The molecule has 0 radical (unpaired) electrons. The van der Waals surface area contributed by atoms with Gasteiger partial charge in [-0.15, -0.1) is 0 Å². The highest BCUT2D eigenvalue weighted by molar-refractivity contribution is 6.03. The van der Waals surface area contributed by atoms with E-state index in [1.807, 2.05) is 54.6 Å². The minimum Gasteiger partial charge on any atom is -0.397 e. The normalized spacial score (nSPS) is 13.6. The van der Waals surface area contributed by atoms with E-state index in [4.69, 9.17) is 5.73 Å². The first-order valence-corrected chi connectivity index (χ1v) is 14.3. The van der Waals surface area contributed by atoms with Gasteiger partial charge in [0.15, 0.2) is 0 Å². The Hall–Kier alpha value is -4.98. The number of nitrogen functional groups attached to an aromatic ring is 1. The van der Waals surface area contributed by atoms with E-state index >= 15 is 0 Å². The van der Waals surface area contributed by atoms with Gasteiger partial charge in [-0.3, -0.25) is 19.4 Å². The summed E-state index contributed by atoms with van der Waals surface area (Å²) in [6, 6.07) is 24.0. The molecule has 214 valence electrons. The molecule has 0 spiro atoms. The lowest BCUT2D eigenvalue weighted by Gasteiger charge is -2.41. The molecule has 0 aliphatic heterocycles. The number of fused-ring (bicyclic) bond motifs is 1. The van der Waals surface area contributed by atoms with Crippen molar-refractivity contribution in [3.8, 4) is 0 Å². The van der Waals surface area contributed by atoms with Gasteiger partial charge in [-0.05, 0) is 66.4 Å². The minimum atomic E-state index is -0.288. The van der Waals surface area contributed by atoms with Crippen LogP contribution in [-0.2, 0) is 20.8 Å². The number of aromatic nitrogens is 1. The highest BCUT2D eigenvalue weighted by Crippen LogP contribution is 2.30. The van der Waals surface area contributed by atoms with Crippen molar-refractivity contribution in [2.75, 3.05) is 16.1 Å². The number of rotatable bonds is 7. The average Bonchev–Trinajstić information content (AvgIpc) is 3.00. The summed E-state index contributed by atoms with van der Waals surface area (Å²) < 4.78 is 0. The molecule has 42 heavy (non-hydrogen) atoms. The molecule has 5 rings (SSSR count). The molecule has 1 aliphatic rings. The Bertz CT molecular complexity index is 1610. The third-order valence-electron chi connectivity index (χ3n) is 7.50. The van der Waals surface area contributed by atoms with Crippen molar-refractivity contribution < 1.29 is 14.4 Å². The van der Waals surface area contributed by atoms with Gasteiger partial charge in [0.25, 0.3) is 0 Å². The largest absolute Gasteiger partial charge is 0.397 e. The molecule has 3 N–H and O–H groups in total. The van der Waals surface area contributed by atoms with Gasteiger partial charge in [-0.1, -0.05) is 61.7 Å². The van der Waals surface area contributed by atoms with Gasteiger partial charge in [0.2, 0.25) is 17.7 Å². The number of amides is 3. The topological polar surface area (TPSA) is 109 Å². The van der Waals surface area contributed by atoms with E-state index < -0.39 is 0 Å². The van der Waals surface area contributed by atoms with E-state index in [-0.39, 0.29) is 30.2 Å². The van der Waals surface area contributed by atoms with Gasteiger partial charge >= 0.3 is 0 Å². The first-order valence-electron chi connectivity index (χ1n) is 14.3. The van der Waals surface area contributed by atoms with Crippen LogP contribution < -0.4 is 16.1 Å². The molecule has 0 atom stereocenters. The fourth-order valence-electron chi connectivity index (χ4n) is 5.42. The molecule has 3 amide bonds. The van der Waals surface area contributed by atoms with Gasteiger partial charge in [0.05, 0.1) is 35.0 Å². The molecule has 4 aromatic rings. The number of hydrogen-bond donors (Lipinski definition) is 2. The number of para-hydroxylation sites is 2. The van der Waals surface area contributed by atoms with Crippen LogP contribution in [0.3, 0.4) is 0 Å². The van der Waals surface area contributed by atoms with Crippen LogP contribution in [0.4, 0.5) is 17.1 Å². The Morgan fingerprint density at radius 2 is 1.71 bits per heavy atom. The fourth-order valence-corrected chi connectivity index (χ4v) is 5.42. The number of nitrogens with one attached hydrogen (secondary N) is 1. The van der Waals surface area contributed by atoms with Crippen LogP contribution in [0.15, 0.2) is 91.1 Å². The van der Waals surface area contributed by atoms with E-state index in [0.29, 0.717) is 17.1 Å². The average molecular weight is 562 g/mol. The van der Waals surface area contributed by atoms with Gasteiger partial charge in [-0.2, -0.15) is 0 Å². The van der Waals surface area contributed by atoms with Crippen LogP contribution in [0.2, 0.25) is 0 Å². The number of carbonyl (C=O) groups excluding carboxylic acids is 3. The maximum absolute atomic E-state index is 13.9. The number of hydrazine groups is 1. The Balaban J connectivity index is 1.33. The van der Waals surface area contributed by atoms with Gasteiger partial charge in [0, 0.05) is 24.6 Å². The smallest absolute Gasteiger partial charge is 0.248 e. The standard InChI is InChI=1S/C34H35N5O3/c1-24(40)38(29-18-19-31-27(23-29)8-7-21-36-31)39(28-9-3-2-4-10-28)34(42)22-26-15-13-25(14-16-26)17-20-33(41)37-32-12-6-5-11-30(32)35/h5-8,11-21,23,28H,2-4,9-10,22,35H2,1H3,(H,37,41). The lowest BCUT2D eigenvalue weighted by atomic mass is 9.94. The molecule has 1 saturated carbocycles. The predicted molar refractivity (Wildman–Crippen MR) is 167 cm³/mol. The minimum absolute atomic E-state index is 0.0564. The molecule has 8 heteroatoms. The number of benzene rings is 3. The molecule has 1 heterocycles. The number of pyridine rings is 1. The van der Waals surface area contributed by atoms with Crippen LogP contribution in [0.1, 0.15) is 50.2 Å². The highest BCUT2D eigenvalue weighted by Gasteiger charge is 2.33. The molecule has 0 unspecified atom stereocenters. The maximum Gasteiger partial charge on any atom is 0.248 e.